The molecule has 0 bridgehead atoms. The number of rotatable bonds is 4. The quantitative estimate of drug-likeness (QED) is 0.873. The van der Waals surface area contributed by atoms with Gasteiger partial charge in [-0.05, 0) is 24.6 Å². The van der Waals surface area contributed by atoms with E-state index in [1.165, 1.54) is 0 Å². The van der Waals surface area contributed by atoms with Gasteiger partial charge in [-0.3, -0.25) is 0 Å². The predicted octanol–water partition coefficient (Wildman–Crippen LogP) is 2.26. The summed E-state index contributed by atoms with van der Waals surface area (Å²) in [4.78, 5) is 15.5. The van der Waals surface area contributed by atoms with Crippen LogP contribution < -0.4 is 0 Å². The van der Waals surface area contributed by atoms with Crippen LogP contribution in [-0.2, 0) is 17.2 Å². The minimum absolute atomic E-state index is 0.174. The van der Waals surface area contributed by atoms with Crippen molar-refractivity contribution < 1.29 is 14.6 Å². The standard InChI is InChI=1S/C13H13ClN2O3/c14-6-12-15-10-2-1-8(13(17)18)5-11(10)16(12)7-9-3-4-19-9/h1-2,5,9H,3-4,6-7H2,(H,17,18)/t9-/m0/s1. The van der Waals surface area contributed by atoms with E-state index in [9.17, 15) is 4.79 Å². The second-order valence-corrected chi connectivity index (χ2v) is 4.83. The van der Waals surface area contributed by atoms with Crippen LogP contribution in [0.15, 0.2) is 18.2 Å². The van der Waals surface area contributed by atoms with Crippen molar-refractivity contribution in [3.63, 3.8) is 0 Å². The summed E-state index contributed by atoms with van der Waals surface area (Å²) in [6.45, 7) is 1.45. The Bertz CT molecular complexity index is 634. The first-order valence-electron chi connectivity index (χ1n) is 6.09. The highest BCUT2D eigenvalue weighted by atomic mass is 35.5. The van der Waals surface area contributed by atoms with Crippen LogP contribution in [0.1, 0.15) is 22.6 Å². The van der Waals surface area contributed by atoms with E-state index in [1.54, 1.807) is 18.2 Å². The highest BCUT2D eigenvalue weighted by Crippen LogP contribution is 2.23. The van der Waals surface area contributed by atoms with Crippen molar-refractivity contribution in [3.05, 3.63) is 29.6 Å². The molecule has 1 atom stereocenters. The first-order valence-corrected chi connectivity index (χ1v) is 6.62. The molecule has 0 amide bonds. The summed E-state index contributed by atoms with van der Waals surface area (Å²) in [5.41, 5.74) is 1.82. The Kier molecular flexibility index (Phi) is 3.16. The number of hydrogen-bond donors (Lipinski definition) is 1. The summed E-state index contributed by atoms with van der Waals surface area (Å²) < 4.78 is 7.38. The first-order chi connectivity index (χ1) is 9.19. The lowest BCUT2D eigenvalue weighted by atomic mass is 10.1. The second-order valence-electron chi connectivity index (χ2n) is 4.56. The highest BCUT2D eigenvalue weighted by Gasteiger charge is 2.21. The molecule has 0 saturated carbocycles. The smallest absolute Gasteiger partial charge is 0.335 e. The molecule has 5 nitrogen and oxygen atoms in total. The van der Waals surface area contributed by atoms with Crippen LogP contribution in [0.3, 0.4) is 0 Å². The number of hydrogen-bond acceptors (Lipinski definition) is 3. The van der Waals surface area contributed by atoms with Gasteiger partial charge in [0.15, 0.2) is 0 Å². The molecule has 1 aliphatic heterocycles. The number of alkyl halides is 1. The van der Waals surface area contributed by atoms with E-state index in [4.69, 9.17) is 21.4 Å². The number of carbonyl (C=O) groups is 1. The summed E-state index contributed by atoms with van der Waals surface area (Å²) in [6.07, 6.45) is 1.19. The largest absolute Gasteiger partial charge is 0.478 e. The Hall–Kier alpha value is -1.59. The van der Waals surface area contributed by atoms with Crippen LogP contribution in [0, 0.1) is 0 Å². The van der Waals surface area contributed by atoms with Crippen LogP contribution in [0.5, 0.6) is 0 Å². The Morgan fingerprint density at radius 3 is 2.95 bits per heavy atom. The van der Waals surface area contributed by atoms with Crippen LogP contribution in [0.25, 0.3) is 11.0 Å². The number of halogens is 1. The lowest BCUT2D eigenvalue weighted by Crippen LogP contribution is -2.31. The topological polar surface area (TPSA) is 64.3 Å². The summed E-state index contributed by atoms with van der Waals surface area (Å²) >= 11 is 5.91. The molecule has 3 rings (SSSR count). The zero-order valence-corrected chi connectivity index (χ0v) is 10.9. The molecule has 19 heavy (non-hydrogen) atoms. The lowest BCUT2D eigenvalue weighted by molar-refractivity contribution is -0.0589. The number of aromatic carboxylic acids is 1. The van der Waals surface area contributed by atoms with Crippen molar-refractivity contribution >= 4 is 28.6 Å². The normalized spacial score (nSPS) is 18.5. The Morgan fingerprint density at radius 1 is 1.58 bits per heavy atom. The summed E-state index contributed by atoms with van der Waals surface area (Å²) in [5, 5.41) is 9.06. The minimum atomic E-state index is -0.943. The number of benzene rings is 1. The van der Waals surface area contributed by atoms with Crippen LogP contribution in [0.2, 0.25) is 0 Å². The second kappa shape index (κ2) is 4.83. The van der Waals surface area contributed by atoms with E-state index in [1.807, 2.05) is 4.57 Å². The zero-order valence-electron chi connectivity index (χ0n) is 10.2. The summed E-state index contributed by atoms with van der Waals surface area (Å²) in [6, 6.07) is 4.91. The monoisotopic (exact) mass is 280 g/mol. The van der Waals surface area contributed by atoms with E-state index in [0.29, 0.717) is 12.4 Å². The van der Waals surface area contributed by atoms with Gasteiger partial charge in [-0.2, -0.15) is 0 Å². The fraction of sp³-hybridized carbons (Fsp3) is 0.385. The van der Waals surface area contributed by atoms with Gasteiger partial charge >= 0.3 is 5.97 Å². The van der Waals surface area contributed by atoms with Crippen LogP contribution in [-0.4, -0.2) is 33.3 Å². The average molecular weight is 281 g/mol. The maximum Gasteiger partial charge on any atom is 0.335 e. The highest BCUT2D eigenvalue weighted by molar-refractivity contribution is 6.16. The van der Waals surface area contributed by atoms with Crippen molar-refractivity contribution in [1.29, 1.82) is 0 Å². The Labute approximate surface area is 114 Å². The first kappa shape index (κ1) is 12.4. The number of nitrogens with zero attached hydrogens (tertiary/aromatic N) is 2. The molecule has 1 aromatic carbocycles. The van der Waals surface area contributed by atoms with Gasteiger partial charge in [0.25, 0.3) is 0 Å². The van der Waals surface area contributed by atoms with E-state index < -0.39 is 5.97 Å². The van der Waals surface area contributed by atoms with Gasteiger partial charge < -0.3 is 14.4 Å². The molecule has 2 aromatic rings. The molecule has 1 N–H and O–H groups in total. The predicted molar refractivity (Wildman–Crippen MR) is 70.6 cm³/mol. The van der Waals surface area contributed by atoms with Gasteiger partial charge in [-0.15, -0.1) is 11.6 Å². The Morgan fingerprint density at radius 2 is 2.37 bits per heavy atom. The number of ether oxygens (including phenoxy) is 1. The van der Waals surface area contributed by atoms with Gasteiger partial charge in [-0.1, -0.05) is 0 Å². The van der Waals surface area contributed by atoms with Crippen molar-refractivity contribution in [3.8, 4) is 0 Å². The van der Waals surface area contributed by atoms with E-state index in [-0.39, 0.29) is 11.7 Å². The molecule has 0 aliphatic carbocycles. The number of fused-ring (bicyclic) bond motifs is 1. The number of imidazole rings is 1. The number of aromatic nitrogens is 2. The van der Waals surface area contributed by atoms with Crippen molar-refractivity contribution in [2.75, 3.05) is 6.61 Å². The van der Waals surface area contributed by atoms with Crippen LogP contribution >= 0.6 is 11.6 Å². The minimum Gasteiger partial charge on any atom is -0.478 e. The lowest BCUT2D eigenvalue weighted by Gasteiger charge is -2.27. The third kappa shape index (κ3) is 2.19. The van der Waals surface area contributed by atoms with Crippen molar-refractivity contribution in [2.24, 2.45) is 0 Å². The molecule has 1 aromatic heterocycles. The number of carboxylic acid groups (broad SMARTS) is 1. The van der Waals surface area contributed by atoms with Crippen LogP contribution in [0.4, 0.5) is 0 Å². The molecular formula is C13H13ClN2O3. The van der Waals surface area contributed by atoms with Gasteiger partial charge in [0, 0.05) is 6.61 Å². The molecule has 1 saturated heterocycles. The Balaban J connectivity index is 2.08. The molecule has 2 heterocycles. The van der Waals surface area contributed by atoms with Gasteiger partial charge in [0.05, 0.1) is 35.1 Å². The third-order valence-electron chi connectivity index (χ3n) is 3.37. The molecule has 1 fully saturated rings. The maximum absolute atomic E-state index is 11.0. The van der Waals surface area contributed by atoms with E-state index >= 15 is 0 Å². The average Bonchev–Trinajstić information content (AvgIpc) is 2.70. The van der Waals surface area contributed by atoms with Crippen molar-refractivity contribution in [2.45, 2.75) is 24.9 Å². The molecule has 0 radical (unpaired) electrons. The summed E-state index contributed by atoms with van der Waals surface area (Å²) in [5.74, 6) is 0.0979. The SMILES string of the molecule is O=C(O)c1ccc2nc(CCl)n(C[C@@H]3CCO3)c2c1. The van der Waals surface area contributed by atoms with Crippen molar-refractivity contribution in [1.82, 2.24) is 9.55 Å². The molecule has 0 spiro atoms. The molecule has 1 aliphatic rings. The molecular weight excluding hydrogens is 268 g/mol. The molecule has 6 heteroatoms. The zero-order chi connectivity index (χ0) is 13.4. The van der Waals surface area contributed by atoms with Gasteiger partial charge in [0.1, 0.15) is 5.82 Å². The van der Waals surface area contributed by atoms with E-state index in [2.05, 4.69) is 4.98 Å². The molecule has 100 valence electrons. The molecule has 0 unspecified atom stereocenters. The maximum atomic E-state index is 11.0. The van der Waals surface area contributed by atoms with Gasteiger partial charge in [-0.25, -0.2) is 9.78 Å². The van der Waals surface area contributed by atoms with Gasteiger partial charge in [0.2, 0.25) is 0 Å². The van der Waals surface area contributed by atoms with E-state index in [0.717, 1.165) is 29.9 Å². The number of carboxylic acids is 1. The third-order valence-corrected chi connectivity index (χ3v) is 3.61. The fourth-order valence-corrected chi connectivity index (χ4v) is 2.45. The summed E-state index contributed by atoms with van der Waals surface area (Å²) in [7, 11) is 0. The fourth-order valence-electron chi connectivity index (χ4n) is 2.24.